The summed E-state index contributed by atoms with van der Waals surface area (Å²) in [6.07, 6.45) is 2.80. The highest BCUT2D eigenvalue weighted by atomic mass is 16.5. The van der Waals surface area contributed by atoms with Gasteiger partial charge in [-0.3, -0.25) is 4.79 Å². The monoisotopic (exact) mass is 262 g/mol. The molecule has 1 aromatic carbocycles. The van der Waals surface area contributed by atoms with Gasteiger partial charge in [0.2, 0.25) is 0 Å². The number of hydrogen-bond acceptors (Lipinski definition) is 3. The third-order valence-corrected chi connectivity index (χ3v) is 3.50. The highest BCUT2D eigenvalue weighted by molar-refractivity contribution is 5.94. The van der Waals surface area contributed by atoms with Crippen molar-refractivity contribution in [3.63, 3.8) is 0 Å². The van der Waals surface area contributed by atoms with Gasteiger partial charge in [0.15, 0.2) is 0 Å². The molecule has 3 N–H and O–H groups in total. The molecule has 0 aliphatic carbocycles. The zero-order chi connectivity index (χ0) is 13.7. The molecule has 0 radical (unpaired) electrons. The zero-order valence-electron chi connectivity index (χ0n) is 11.4. The molecule has 4 heteroatoms. The molecule has 1 aliphatic rings. The molecule has 1 fully saturated rings. The van der Waals surface area contributed by atoms with Gasteiger partial charge in [0.25, 0.3) is 5.91 Å². The van der Waals surface area contributed by atoms with Gasteiger partial charge in [0.1, 0.15) is 0 Å². The van der Waals surface area contributed by atoms with Crippen molar-refractivity contribution >= 4 is 5.91 Å². The first kappa shape index (κ1) is 14.0. The van der Waals surface area contributed by atoms with Crippen molar-refractivity contribution in [2.75, 3.05) is 19.8 Å². The smallest absolute Gasteiger partial charge is 0.251 e. The average Bonchev–Trinajstić information content (AvgIpc) is 2.40. The van der Waals surface area contributed by atoms with Crippen LogP contribution in [-0.4, -0.2) is 31.2 Å². The first-order chi connectivity index (χ1) is 9.13. The minimum Gasteiger partial charge on any atom is -0.379 e. The number of ether oxygens (including phenoxy) is 1. The van der Waals surface area contributed by atoms with E-state index in [4.69, 9.17) is 10.5 Å². The standard InChI is InChI=1S/C15H22N2O2/c1-15(8-2-10-19-11-15)17-14(18)13-5-3-12(4-6-13)7-9-16/h3-6H,2,7-11,16H2,1H3,(H,17,18). The maximum absolute atomic E-state index is 12.2. The molecule has 1 heterocycles. The van der Waals surface area contributed by atoms with Crippen LogP contribution < -0.4 is 11.1 Å². The SMILES string of the molecule is CC1(NC(=O)c2ccc(CCN)cc2)CCCOC1. The van der Waals surface area contributed by atoms with E-state index >= 15 is 0 Å². The van der Waals surface area contributed by atoms with E-state index in [0.29, 0.717) is 18.7 Å². The van der Waals surface area contributed by atoms with Crippen molar-refractivity contribution in [2.45, 2.75) is 31.7 Å². The van der Waals surface area contributed by atoms with E-state index < -0.39 is 0 Å². The van der Waals surface area contributed by atoms with Gasteiger partial charge in [-0.05, 0) is 50.4 Å². The summed E-state index contributed by atoms with van der Waals surface area (Å²) >= 11 is 0. The predicted molar refractivity (Wildman–Crippen MR) is 75.1 cm³/mol. The summed E-state index contributed by atoms with van der Waals surface area (Å²) in [5, 5.41) is 3.07. The van der Waals surface area contributed by atoms with Crippen LogP contribution in [0.4, 0.5) is 0 Å². The Bertz CT molecular complexity index is 422. The molecule has 1 unspecified atom stereocenters. The number of hydrogen-bond donors (Lipinski definition) is 2. The van der Waals surface area contributed by atoms with Gasteiger partial charge < -0.3 is 15.8 Å². The topological polar surface area (TPSA) is 64.4 Å². The molecule has 1 saturated heterocycles. The van der Waals surface area contributed by atoms with Crippen molar-refractivity contribution in [2.24, 2.45) is 5.73 Å². The molecule has 0 aromatic heterocycles. The molecule has 1 aliphatic heterocycles. The molecule has 104 valence electrons. The van der Waals surface area contributed by atoms with Crippen molar-refractivity contribution in [1.29, 1.82) is 0 Å². The van der Waals surface area contributed by atoms with Crippen LogP contribution in [-0.2, 0) is 11.2 Å². The lowest BCUT2D eigenvalue weighted by Crippen LogP contribution is -2.51. The fourth-order valence-electron chi connectivity index (χ4n) is 2.37. The summed E-state index contributed by atoms with van der Waals surface area (Å²) in [6, 6.07) is 7.63. The van der Waals surface area contributed by atoms with Gasteiger partial charge >= 0.3 is 0 Å². The van der Waals surface area contributed by atoms with Gasteiger partial charge in [0, 0.05) is 12.2 Å². The maximum atomic E-state index is 12.2. The highest BCUT2D eigenvalue weighted by Crippen LogP contribution is 2.19. The van der Waals surface area contributed by atoms with E-state index in [1.807, 2.05) is 31.2 Å². The average molecular weight is 262 g/mol. The molecule has 1 amide bonds. The molecule has 0 saturated carbocycles. The van der Waals surface area contributed by atoms with E-state index in [9.17, 15) is 4.79 Å². The predicted octanol–water partition coefficient (Wildman–Crippen LogP) is 1.49. The van der Waals surface area contributed by atoms with Crippen molar-refractivity contribution < 1.29 is 9.53 Å². The summed E-state index contributed by atoms with van der Waals surface area (Å²) in [6.45, 7) is 4.04. The number of rotatable bonds is 4. The Balaban J connectivity index is 1.99. The molecule has 2 rings (SSSR count). The highest BCUT2D eigenvalue weighted by Gasteiger charge is 2.29. The number of carbonyl (C=O) groups excluding carboxylic acids is 1. The third-order valence-electron chi connectivity index (χ3n) is 3.50. The van der Waals surface area contributed by atoms with Gasteiger partial charge in [-0.15, -0.1) is 0 Å². The van der Waals surface area contributed by atoms with Crippen LogP contribution in [0.5, 0.6) is 0 Å². The van der Waals surface area contributed by atoms with E-state index in [0.717, 1.165) is 31.4 Å². The summed E-state index contributed by atoms with van der Waals surface area (Å²) < 4.78 is 5.44. The Hall–Kier alpha value is -1.39. The number of nitrogens with two attached hydrogens (primary N) is 1. The van der Waals surface area contributed by atoms with Gasteiger partial charge in [-0.2, -0.15) is 0 Å². The van der Waals surface area contributed by atoms with Gasteiger partial charge in [-0.25, -0.2) is 0 Å². The van der Waals surface area contributed by atoms with Crippen LogP contribution in [0.2, 0.25) is 0 Å². The van der Waals surface area contributed by atoms with Crippen LogP contribution >= 0.6 is 0 Å². The van der Waals surface area contributed by atoms with Crippen LogP contribution in [0.25, 0.3) is 0 Å². The fraction of sp³-hybridized carbons (Fsp3) is 0.533. The summed E-state index contributed by atoms with van der Waals surface area (Å²) in [7, 11) is 0. The lowest BCUT2D eigenvalue weighted by molar-refractivity contribution is 0.0272. The number of nitrogens with one attached hydrogen (secondary N) is 1. The lowest BCUT2D eigenvalue weighted by atomic mass is 9.94. The normalized spacial score (nSPS) is 23.1. The molecule has 1 aromatic rings. The lowest BCUT2D eigenvalue weighted by Gasteiger charge is -2.34. The first-order valence-electron chi connectivity index (χ1n) is 6.82. The van der Waals surface area contributed by atoms with Crippen LogP contribution in [0, 0.1) is 0 Å². The molecular formula is C15H22N2O2. The van der Waals surface area contributed by atoms with Crippen molar-refractivity contribution in [3.8, 4) is 0 Å². The van der Waals surface area contributed by atoms with E-state index in [-0.39, 0.29) is 11.4 Å². The van der Waals surface area contributed by atoms with Gasteiger partial charge in [-0.1, -0.05) is 12.1 Å². The summed E-state index contributed by atoms with van der Waals surface area (Å²) in [4.78, 5) is 12.2. The second kappa shape index (κ2) is 6.17. The van der Waals surface area contributed by atoms with E-state index in [2.05, 4.69) is 5.32 Å². The van der Waals surface area contributed by atoms with Crippen LogP contribution in [0.15, 0.2) is 24.3 Å². The molecule has 4 nitrogen and oxygen atoms in total. The Labute approximate surface area is 114 Å². The van der Waals surface area contributed by atoms with Gasteiger partial charge in [0.05, 0.1) is 12.1 Å². The second-order valence-corrected chi connectivity index (χ2v) is 5.41. The zero-order valence-corrected chi connectivity index (χ0v) is 11.4. The molecular weight excluding hydrogens is 240 g/mol. The number of carbonyl (C=O) groups is 1. The quantitative estimate of drug-likeness (QED) is 0.864. The maximum Gasteiger partial charge on any atom is 0.251 e. The number of benzene rings is 1. The molecule has 0 spiro atoms. The third kappa shape index (κ3) is 3.78. The van der Waals surface area contributed by atoms with Crippen LogP contribution in [0.1, 0.15) is 35.7 Å². The minimum atomic E-state index is -0.245. The Kier molecular flexibility index (Phi) is 4.56. The second-order valence-electron chi connectivity index (χ2n) is 5.41. The minimum absolute atomic E-state index is 0.0349. The molecule has 1 atom stereocenters. The fourth-order valence-corrected chi connectivity index (χ4v) is 2.37. The Morgan fingerprint density at radius 2 is 2.16 bits per heavy atom. The molecule has 0 bridgehead atoms. The Morgan fingerprint density at radius 1 is 1.42 bits per heavy atom. The van der Waals surface area contributed by atoms with Crippen molar-refractivity contribution in [3.05, 3.63) is 35.4 Å². The van der Waals surface area contributed by atoms with E-state index in [1.165, 1.54) is 0 Å². The summed E-state index contributed by atoms with van der Waals surface area (Å²) in [5.74, 6) is -0.0349. The Morgan fingerprint density at radius 3 is 2.74 bits per heavy atom. The number of amides is 1. The van der Waals surface area contributed by atoms with E-state index in [1.54, 1.807) is 0 Å². The molecule has 19 heavy (non-hydrogen) atoms. The largest absolute Gasteiger partial charge is 0.379 e. The van der Waals surface area contributed by atoms with Crippen molar-refractivity contribution in [1.82, 2.24) is 5.32 Å². The first-order valence-corrected chi connectivity index (χ1v) is 6.82. The summed E-state index contributed by atoms with van der Waals surface area (Å²) in [5.41, 5.74) is 7.11. The van der Waals surface area contributed by atoms with Crippen LogP contribution in [0.3, 0.4) is 0 Å².